The Labute approximate surface area is 406 Å². The summed E-state index contributed by atoms with van der Waals surface area (Å²) in [6.45, 7) is -0.617. The highest BCUT2D eigenvalue weighted by Gasteiger charge is 2.58. The van der Waals surface area contributed by atoms with E-state index in [0.717, 1.165) is 14.0 Å². The molecular weight excluding hydrogens is 970 g/mol. The quantitative estimate of drug-likeness (QED) is 0.0479. The summed E-state index contributed by atoms with van der Waals surface area (Å²) in [5.74, 6) is -0.891. The monoisotopic (exact) mass is 1040 g/mol. The van der Waals surface area contributed by atoms with Crippen LogP contribution in [-0.2, 0) is 56.9 Å². The van der Waals surface area contributed by atoms with Gasteiger partial charge in [0.05, 0.1) is 44.7 Å². The molecule has 5 saturated heterocycles. The van der Waals surface area contributed by atoms with E-state index >= 15 is 0 Å². The molecule has 0 saturated carbocycles. The topological polar surface area (TPSA) is 475 Å². The van der Waals surface area contributed by atoms with Gasteiger partial charge >= 0.3 is 0 Å². The van der Waals surface area contributed by atoms with Gasteiger partial charge in [-0.2, -0.15) is 0 Å². The molecule has 0 aliphatic carbocycles. The molecule has 0 spiro atoms. The maximum absolute atomic E-state index is 13.2. The lowest BCUT2D eigenvalue weighted by molar-refractivity contribution is -0.399. The lowest BCUT2D eigenvalue weighted by Crippen LogP contribution is -2.71. The summed E-state index contributed by atoms with van der Waals surface area (Å²) in [5.41, 5.74) is 0. The van der Waals surface area contributed by atoms with Gasteiger partial charge in [-0.25, -0.2) is 0 Å². The molecule has 5 fully saturated rings. The molecule has 0 aromatic carbocycles. The summed E-state index contributed by atoms with van der Waals surface area (Å²) in [7, 11) is 1.12. The predicted octanol–water partition coefficient (Wildman–Crippen LogP) is -10.8. The van der Waals surface area contributed by atoms with E-state index < -0.39 is 210 Å². The SMILES string of the molecule is COC(CO)C(OC1OC(CO)C(O)C(OC2OC(CO)C(OC3OC(C)C(O)C(O)C3O)C(OC3OC(CO)C(O)C(O)C3OC3OC(C)C(O)C(O)C3O)C2NC(C)=O)C1O)C(O)C(O)CCCO. The maximum atomic E-state index is 13.2. The zero-order valence-corrected chi connectivity index (χ0v) is 39.2. The third kappa shape index (κ3) is 13.7. The van der Waals surface area contributed by atoms with Gasteiger partial charge in [-0.3, -0.25) is 4.79 Å². The van der Waals surface area contributed by atoms with E-state index in [0.29, 0.717) is 0 Å². The van der Waals surface area contributed by atoms with E-state index in [-0.39, 0.29) is 19.4 Å². The average Bonchev–Trinajstić information content (AvgIpc) is 3.34. The zero-order valence-electron chi connectivity index (χ0n) is 39.2. The van der Waals surface area contributed by atoms with Gasteiger partial charge in [0, 0.05) is 20.6 Å². The van der Waals surface area contributed by atoms with Crippen molar-refractivity contribution in [3.05, 3.63) is 0 Å². The van der Waals surface area contributed by atoms with Gasteiger partial charge in [0.25, 0.3) is 0 Å². The molecule has 1 amide bonds. The van der Waals surface area contributed by atoms with Gasteiger partial charge in [-0.15, -0.1) is 0 Å². The van der Waals surface area contributed by atoms with Crippen LogP contribution in [-0.4, -0.2) is 311 Å². The summed E-state index contributed by atoms with van der Waals surface area (Å²) < 4.78 is 64.6. The highest BCUT2D eigenvalue weighted by molar-refractivity contribution is 5.73. The van der Waals surface area contributed by atoms with Gasteiger partial charge in [-0.05, 0) is 26.7 Å². The van der Waals surface area contributed by atoms with Crippen LogP contribution in [0.3, 0.4) is 0 Å². The Hall–Kier alpha value is -1.65. The number of aliphatic hydroxyl groups excluding tert-OH is 17. The van der Waals surface area contributed by atoms with Crippen molar-refractivity contribution in [2.75, 3.05) is 40.1 Å². The van der Waals surface area contributed by atoms with E-state index in [4.69, 9.17) is 52.1 Å². The second kappa shape index (κ2) is 26.9. The molecule has 71 heavy (non-hydrogen) atoms. The van der Waals surface area contributed by atoms with Crippen molar-refractivity contribution in [1.29, 1.82) is 0 Å². The lowest BCUT2D eigenvalue weighted by atomic mass is 9.93. The number of carbonyl (C=O) groups excluding carboxylic acids is 1. The van der Waals surface area contributed by atoms with Gasteiger partial charge in [0.2, 0.25) is 5.91 Å². The van der Waals surface area contributed by atoms with Crippen LogP contribution >= 0.6 is 0 Å². The first-order valence-electron chi connectivity index (χ1n) is 23.1. The van der Waals surface area contributed by atoms with Crippen LogP contribution in [0, 0.1) is 0 Å². The number of methoxy groups -OCH3 is 1. The average molecular weight is 1040 g/mol. The Balaban J connectivity index is 1.57. The largest absolute Gasteiger partial charge is 0.396 e. The van der Waals surface area contributed by atoms with Gasteiger partial charge < -0.3 is 144 Å². The van der Waals surface area contributed by atoms with Crippen LogP contribution in [0.4, 0.5) is 0 Å². The summed E-state index contributed by atoms with van der Waals surface area (Å²) in [6, 6.07) is -1.86. The molecule has 0 aromatic heterocycles. The van der Waals surface area contributed by atoms with Gasteiger partial charge in [0.15, 0.2) is 31.5 Å². The number of hydrogen-bond acceptors (Lipinski definition) is 29. The molecule has 30 nitrogen and oxygen atoms in total. The number of nitrogens with one attached hydrogen (secondary N) is 1. The fraction of sp³-hybridized carbons (Fsp3) is 0.976. The van der Waals surface area contributed by atoms with Crippen molar-refractivity contribution in [1.82, 2.24) is 5.32 Å². The molecule has 18 N–H and O–H groups in total. The Kier molecular flexibility index (Phi) is 22.8. The van der Waals surface area contributed by atoms with Crippen LogP contribution < -0.4 is 5.32 Å². The van der Waals surface area contributed by atoms with Crippen molar-refractivity contribution in [3.63, 3.8) is 0 Å². The number of rotatable bonds is 22. The first-order valence-corrected chi connectivity index (χ1v) is 23.1. The summed E-state index contributed by atoms with van der Waals surface area (Å²) in [4.78, 5) is 13.2. The Morgan fingerprint density at radius 2 is 1.03 bits per heavy atom. The second-order valence-electron chi connectivity index (χ2n) is 18.1. The van der Waals surface area contributed by atoms with Crippen LogP contribution in [0.25, 0.3) is 0 Å². The molecule has 29 atom stereocenters. The standard InChI is InChI=1S/C41H73NO29/c1-12-21(50)26(55)29(58)38(62-12)68-33-19(11-47)66-37(70-35-25(54)17(9-45)64-40(31(35)60)67-32(18(10-46)61-4)23(52)15(49)6-5-7-43)20(42-14(3)48)34(33)69-41-36(28(57)24(53)16(8-44)65-41)71-39-30(59)27(56)22(51)13(2)63-39/h12-13,15-41,43-47,49-60H,5-11H2,1-4H3,(H,42,48). The minimum atomic E-state index is -2.18. The first-order chi connectivity index (χ1) is 33.6. The van der Waals surface area contributed by atoms with Gasteiger partial charge in [-0.1, -0.05) is 0 Å². The summed E-state index contributed by atoms with van der Waals surface area (Å²) in [5, 5.41) is 185. The van der Waals surface area contributed by atoms with Crippen molar-refractivity contribution in [2.24, 2.45) is 0 Å². The van der Waals surface area contributed by atoms with Crippen LogP contribution in [0.15, 0.2) is 0 Å². The molecule has 5 aliphatic rings. The molecule has 30 heteroatoms. The fourth-order valence-electron chi connectivity index (χ4n) is 8.93. The molecule has 29 unspecified atom stereocenters. The minimum Gasteiger partial charge on any atom is -0.396 e. The van der Waals surface area contributed by atoms with Gasteiger partial charge in [0.1, 0.15) is 128 Å². The molecule has 416 valence electrons. The number of amides is 1. The van der Waals surface area contributed by atoms with Crippen LogP contribution in [0.5, 0.6) is 0 Å². The van der Waals surface area contributed by atoms with Crippen LogP contribution in [0.2, 0.25) is 0 Å². The molecule has 5 aliphatic heterocycles. The van der Waals surface area contributed by atoms with E-state index in [1.165, 1.54) is 13.8 Å². The highest BCUT2D eigenvalue weighted by Crippen LogP contribution is 2.38. The number of carbonyl (C=O) groups is 1. The van der Waals surface area contributed by atoms with E-state index in [1.807, 2.05) is 0 Å². The van der Waals surface area contributed by atoms with Crippen molar-refractivity contribution < 1.29 is 144 Å². The highest BCUT2D eigenvalue weighted by atomic mass is 16.8. The lowest BCUT2D eigenvalue weighted by Gasteiger charge is -2.52. The molecule has 0 bridgehead atoms. The molecule has 0 radical (unpaired) electrons. The Morgan fingerprint density at radius 3 is 1.54 bits per heavy atom. The predicted molar refractivity (Wildman–Crippen MR) is 224 cm³/mol. The smallest absolute Gasteiger partial charge is 0.217 e. The van der Waals surface area contributed by atoms with Crippen molar-refractivity contribution in [3.8, 4) is 0 Å². The number of aliphatic hydroxyl groups is 17. The Bertz CT molecular complexity index is 1590. The summed E-state index contributed by atoms with van der Waals surface area (Å²) in [6.07, 6.45) is -51.5. The Morgan fingerprint density at radius 1 is 0.535 bits per heavy atom. The van der Waals surface area contributed by atoms with E-state index in [9.17, 15) is 91.6 Å². The molecule has 5 rings (SSSR count). The van der Waals surface area contributed by atoms with Crippen molar-refractivity contribution >= 4 is 5.91 Å². The fourth-order valence-corrected chi connectivity index (χ4v) is 8.93. The normalized spacial score (nSPS) is 46.2. The van der Waals surface area contributed by atoms with Crippen LogP contribution in [0.1, 0.15) is 33.6 Å². The third-order valence-corrected chi connectivity index (χ3v) is 13.2. The van der Waals surface area contributed by atoms with E-state index in [1.54, 1.807) is 0 Å². The minimum absolute atomic E-state index is 0.0251. The third-order valence-electron chi connectivity index (χ3n) is 13.2. The molecule has 5 heterocycles. The maximum Gasteiger partial charge on any atom is 0.217 e. The number of hydrogen-bond donors (Lipinski definition) is 18. The molecular formula is C41H73NO29. The number of ether oxygens (including phenoxy) is 11. The second-order valence-corrected chi connectivity index (χ2v) is 18.1. The summed E-state index contributed by atoms with van der Waals surface area (Å²) >= 11 is 0. The zero-order chi connectivity index (χ0) is 52.8. The van der Waals surface area contributed by atoms with E-state index in [2.05, 4.69) is 5.32 Å². The molecule has 0 aromatic rings. The first kappa shape index (κ1) is 60.2. The van der Waals surface area contributed by atoms with Crippen molar-refractivity contribution in [2.45, 2.75) is 211 Å².